The lowest BCUT2D eigenvalue weighted by Crippen LogP contribution is -2.14. The van der Waals surface area contributed by atoms with Gasteiger partial charge in [0, 0.05) is 11.5 Å². The van der Waals surface area contributed by atoms with Gasteiger partial charge in [-0.3, -0.25) is 9.59 Å². The molecule has 3 aromatic rings. The summed E-state index contributed by atoms with van der Waals surface area (Å²) in [6.45, 7) is 3.96. The topological polar surface area (TPSA) is 71.1 Å². The highest BCUT2D eigenvalue weighted by atomic mass is 35.5. The number of amides is 2. The molecule has 0 radical (unpaired) electrons. The summed E-state index contributed by atoms with van der Waals surface area (Å²) >= 11 is 7.55. The summed E-state index contributed by atoms with van der Waals surface area (Å²) in [6.07, 6.45) is 0.933. The van der Waals surface area contributed by atoms with Crippen LogP contribution < -0.4 is 10.6 Å². The van der Waals surface area contributed by atoms with Gasteiger partial charge >= 0.3 is 0 Å². The van der Waals surface area contributed by atoms with Gasteiger partial charge in [0.25, 0.3) is 5.91 Å². The fourth-order valence-electron chi connectivity index (χ4n) is 2.98. The van der Waals surface area contributed by atoms with Crippen molar-refractivity contribution in [1.29, 1.82) is 0 Å². The van der Waals surface area contributed by atoms with Crippen LogP contribution in [-0.2, 0) is 4.79 Å². The summed E-state index contributed by atoms with van der Waals surface area (Å²) in [7, 11) is 0. The number of para-hydroxylation sites is 1. The highest BCUT2D eigenvalue weighted by molar-refractivity contribution is 7.22. The Morgan fingerprint density at radius 3 is 2.70 bits per heavy atom. The maximum atomic E-state index is 12.6. The molecule has 2 amide bonds. The van der Waals surface area contributed by atoms with Crippen LogP contribution >= 0.6 is 22.9 Å². The number of carbonyl (C=O) groups excluding carboxylic acids is 2. The molecule has 27 heavy (non-hydrogen) atoms. The maximum absolute atomic E-state index is 12.6. The second kappa shape index (κ2) is 6.94. The van der Waals surface area contributed by atoms with Crippen LogP contribution in [0.25, 0.3) is 10.2 Å². The van der Waals surface area contributed by atoms with Gasteiger partial charge in [-0.05, 0) is 49.1 Å². The molecule has 1 aliphatic rings. The first kappa shape index (κ1) is 17.9. The Labute approximate surface area is 165 Å². The van der Waals surface area contributed by atoms with E-state index in [1.807, 2.05) is 19.1 Å². The Morgan fingerprint density at radius 2 is 2.00 bits per heavy atom. The summed E-state index contributed by atoms with van der Waals surface area (Å²) in [5.74, 6) is 0.327. The molecule has 5 nitrogen and oxygen atoms in total. The predicted octanol–water partition coefficient (Wildman–Crippen LogP) is 5.10. The van der Waals surface area contributed by atoms with Crippen LogP contribution in [0, 0.1) is 18.8 Å². The first-order valence-corrected chi connectivity index (χ1v) is 9.90. The lowest BCUT2D eigenvalue weighted by molar-refractivity contribution is -0.117. The van der Waals surface area contributed by atoms with Crippen LogP contribution in [0.2, 0.25) is 5.02 Å². The molecule has 2 aromatic carbocycles. The zero-order valence-corrected chi connectivity index (χ0v) is 16.4. The quantitative estimate of drug-likeness (QED) is 0.640. The summed E-state index contributed by atoms with van der Waals surface area (Å²) in [5.41, 5.74) is 2.78. The highest BCUT2D eigenvalue weighted by Crippen LogP contribution is 2.39. The SMILES string of the molecule is Cc1cccc(Cl)c1NC(=O)c1ccc2nc(NC(=O)C3C[C@H]3C)sc2c1. The molecule has 0 saturated heterocycles. The molecule has 138 valence electrons. The van der Waals surface area contributed by atoms with Crippen LogP contribution in [0.4, 0.5) is 10.8 Å². The van der Waals surface area contributed by atoms with Crippen LogP contribution in [0.5, 0.6) is 0 Å². The third-order valence-corrected chi connectivity index (χ3v) is 6.04. The number of benzene rings is 2. The van der Waals surface area contributed by atoms with Gasteiger partial charge < -0.3 is 10.6 Å². The Morgan fingerprint density at radius 1 is 1.22 bits per heavy atom. The van der Waals surface area contributed by atoms with Crippen molar-refractivity contribution in [3.8, 4) is 0 Å². The molecule has 4 rings (SSSR count). The van der Waals surface area contributed by atoms with E-state index < -0.39 is 0 Å². The van der Waals surface area contributed by atoms with Crippen molar-refractivity contribution in [2.45, 2.75) is 20.3 Å². The number of hydrogen-bond acceptors (Lipinski definition) is 4. The lowest BCUT2D eigenvalue weighted by Gasteiger charge is -2.10. The number of halogens is 1. The van der Waals surface area contributed by atoms with Crippen molar-refractivity contribution in [3.05, 3.63) is 52.5 Å². The number of hydrogen-bond donors (Lipinski definition) is 2. The van der Waals surface area contributed by atoms with E-state index in [0.29, 0.717) is 27.3 Å². The minimum atomic E-state index is -0.237. The van der Waals surface area contributed by atoms with Crippen LogP contribution in [0.1, 0.15) is 29.3 Å². The van der Waals surface area contributed by atoms with Crippen LogP contribution in [0.3, 0.4) is 0 Å². The van der Waals surface area contributed by atoms with E-state index in [4.69, 9.17) is 11.6 Å². The van der Waals surface area contributed by atoms with E-state index >= 15 is 0 Å². The van der Waals surface area contributed by atoms with Crippen molar-refractivity contribution in [1.82, 2.24) is 4.98 Å². The molecular formula is C20H18ClN3O2S. The number of aryl methyl sites for hydroxylation is 1. The van der Waals surface area contributed by atoms with Gasteiger partial charge in [-0.1, -0.05) is 42.0 Å². The van der Waals surface area contributed by atoms with E-state index in [2.05, 4.69) is 22.5 Å². The van der Waals surface area contributed by atoms with Gasteiger partial charge in [-0.25, -0.2) is 4.98 Å². The summed E-state index contributed by atoms with van der Waals surface area (Å²) in [5, 5.41) is 6.81. The first-order valence-electron chi connectivity index (χ1n) is 8.70. The van der Waals surface area contributed by atoms with Crippen molar-refractivity contribution >= 4 is 55.8 Å². The normalized spacial score (nSPS) is 18.3. The predicted molar refractivity (Wildman–Crippen MR) is 110 cm³/mol. The molecule has 0 bridgehead atoms. The molecular weight excluding hydrogens is 382 g/mol. The molecule has 0 aliphatic heterocycles. The number of fused-ring (bicyclic) bond motifs is 1. The van der Waals surface area contributed by atoms with E-state index in [9.17, 15) is 9.59 Å². The molecule has 1 aliphatic carbocycles. The zero-order valence-electron chi connectivity index (χ0n) is 14.9. The number of rotatable bonds is 4. The minimum Gasteiger partial charge on any atom is -0.320 e. The molecule has 7 heteroatoms. The molecule has 2 N–H and O–H groups in total. The minimum absolute atomic E-state index is 0.0220. The fraction of sp³-hybridized carbons (Fsp3) is 0.250. The molecule has 1 saturated carbocycles. The summed E-state index contributed by atoms with van der Waals surface area (Å²) in [6, 6.07) is 10.8. The fourth-order valence-corrected chi connectivity index (χ4v) is 4.16. The second-order valence-electron chi connectivity index (χ2n) is 6.90. The van der Waals surface area contributed by atoms with Crippen LogP contribution in [-0.4, -0.2) is 16.8 Å². The smallest absolute Gasteiger partial charge is 0.255 e. The molecule has 2 atom stereocenters. The van der Waals surface area contributed by atoms with E-state index in [1.54, 1.807) is 24.3 Å². The highest BCUT2D eigenvalue weighted by Gasteiger charge is 2.39. The Kier molecular flexibility index (Phi) is 4.61. The standard InChI is InChI=1S/C20H18ClN3O2S/c1-10-4-3-5-14(21)17(10)23-18(25)12-6-7-15-16(9-12)27-20(22-15)24-19(26)13-8-11(13)2/h3-7,9,11,13H,8H2,1-2H3,(H,23,25)(H,22,24,26)/t11-,13?/m1/s1. The van der Waals surface area contributed by atoms with E-state index in [-0.39, 0.29) is 17.7 Å². The maximum Gasteiger partial charge on any atom is 0.255 e. The van der Waals surface area contributed by atoms with Crippen molar-refractivity contribution < 1.29 is 9.59 Å². The second-order valence-corrected chi connectivity index (χ2v) is 8.33. The molecule has 1 aromatic heterocycles. The molecule has 1 unspecified atom stereocenters. The van der Waals surface area contributed by atoms with E-state index in [0.717, 1.165) is 22.2 Å². The number of anilines is 2. The number of nitrogens with zero attached hydrogens (tertiary/aromatic N) is 1. The van der Waals surface area contributed by atoms with Crippen molar-refractivity contribution in [3.63, 3.8) is 0 Å². The molecule has 0 spiro atoms. The lowest BCUT2D eigenvalue weighted by atomic mass is 10.1. The first-order chi connectivity index (χ1) is 12.9. The Hall–Kier alpha value is -2.44. The van der Waals surface area contributed by atoms with Gasteiger partial charge in [-0.2, -0.15) is 0 Å². The van der Waals surface area contributed by atoms with E-state index in [1.165, 1.54) is 11.3 Å². The van der Waals surface area contributed by atoms with Gasteiger partial charge in [-0.15, -0.1) is 0 Å². The number of nitrogens with one attached hydrogen (secondary N) is 2. The Balaban J connectivity index is 1.54. The number of aromatic nitrogens is 1. The Bertz CT molecular complexity index is 1040. The third kappa shape index (κ3) is 3.68. The number of thiazole rings is 1. The van der Waals surface area contributed by atoms with Crippen LogP contribution in [0.15, 0.2) is 36.4 Å². The monoisotopic (exact) mass is 399 g/mol. The number of carbonyl (C=O) groups is 2. The summed E-state index contributed by atoms with van der Waals surface area (Å²) < 4.78 is 0.845. The third-order valence-electron chi connectivity index (χ3n) is 4.79. The molecule has 1 fully saturated rings. The molecule has 1 heterocycles. The van der Waals surface area contributed by atoms with Gasteiger partial charge in [0.1, 0.15) is 0 Å². The average molecular weight is 400 g/mol. The van der Waals surface area contributed by atoms with Gasteiger partial charge in [0.05, 0.1) is 20.9 Å². The average Bonchev–Trinajstić information content (AvgIpc) is 3.23. The largest absolute Gasteiger partial charge is 0.320 e. The zero-order chi connectivity index (χ0) is 19.1. The van der Waals surface area contributed by atoms with Crippen molar-refractivity contribution in [2.24, 2.45) is 11.8 Å². The van der Waals surface area contributed by atoms with Crippen molar-refractivity contribution in [2.75, 3.05) is 10.6 Å². The van der Waals surface area contributed by atoms with Gasteiger partial charge in [0.2, 0.25) is 5.91 Å². The van der Waals surface area contributed by atoms with Gasteiger partial charge in [0.15, 0.2) is 5.13 Å². The summed E-state index contributed by atoms with van der Waals surface area (Å²) in [4.78, 5) is 29.1.